The Morgan fingerprint density at radius 1 is 1.25 bits per heavy atom. The molecular weight excluding hydrogens is 196 g/mol. The highest BCUT2D eigenvalue weighted by molar-refractivity contribution is 5.82. The standard InChI is InChI=1S/C14H18N2/c1-10-5-7-15-13(9-10)12-4-2-3-11-6-8-16-14(11)12/h2-4,6,8,10,13,15-16H,5,7,9H2,1H3. The minimum Gasteiger partial charge on any atom is -0.361 e. The van der Waals surface area contributed by atoms with Crippen molar-refractivity contribution in [3.63, 3.8) is 0 Å². The molecule has 16 heavy (non-hydrogen) atoms. The fourth-order valence-electron chi connectivity index (χ4n) is 2.74. The van der Waals surface area contributed by atoms with Crippen LogP contribution in [0.1, 0.15) is 31.4 Å². The molecule has 0 spiro atoms. The van der Waals surface area contributed by atoms with Gasteiger partial charge in [0.05, 0.1) is 5.52 Å². The Morgan fingerprint density at radius 2 is 2.19 bits per heavy atom. The van der Waals surface area contributed by atoms with E-state index in [0.29, 0.717) is 6.04 Å². The van der Waals surface area contributed by atoms with Crippen LogP contribution in [0.4, 0.5) is 0 Å². The molecule has 1 aliphatic rings. The average Bonchev–Trinajstić information content (AvgIpc) is 2.76. The largest absolute Gasteiger partial charge is 0.361 e. The molecule has 0 radical (unpaired) electrons. The molecule has 2 heterocycles. The molecule has 1 aromatic carbocycles. The average molecular weight is 214 g/mol. The van der Waals surface area contributed by atoms with Crippen LogP contribution in [-0.4, -0.2) is 11.5 Å². The van der Waals surface area contributed by atoms with Crippen LogP contribution in [0.3, 0.4) is 0 Å². The smallest absolute Gasteiger partial charge is 0.0502 e. The first-order valence-electron chi connectivity index (χ1n) is 6.14. The highest BCUT2D eigenvalue weighted by atomic mass is 14.9. The van der Waals surface area contributed by atoms with Gasteiger partial charge in [0.1, 0.15) is 0 Å². The Hall–Kier alpha value is -1.28. The first-order chi connectivity index (χ1) is 7.84. The number of rotatable bonds is 1. The number of hydrogen-bond acceptors (Lipinski definition) is 1. The molecular formula is C14H18N2. The number of benzene rings is 1. The third-order valence-electron chi connectivity index (χ3n) is 3.66. The summed E-state index contributed by atoms with van der Waals surface area (Å²) in [6, 6.07) is 9.24. The second kappa shape index (κ2) is 3.95. The topological polar surface area (TPSA) is 27.8 Å². The van der Waals surface area contributed by atoms with Crippen LogP contribution in [-0.2, 0) is 0 Å². The van der Waals surface area contributed by atoms with E-state index in [0.717, 1.165) is 12.5 Å². The lowest BCUT2D eigenvalue weighted by molar-refractivity contribution is 0.326. The zero-order valence-electron chi connectivity index (χ0n) is 9.66. The Balaban J connectivity index is 2.01. The number of nitrogens with one attached hydrogen (secondary N) is 2. The van der Waals surface area contributed by atoms with Crippen molar-refractivity contribution in [3.05, 3.63) is 36.0 Å². The quantitative estimate of drug-likeness (QED) is 0.749. The monoisotopic (exact) mass is 214 g/mol. The summed E-state index contributed by atoms with van der Waals surface area (Å²) in [5, 5.41) is 4.94. The summed E-state index contributed by atoms with van der Waals surface area (Å²) in [5.41, 5.74) is 2.73. The predicted octanol–water partition coefficient (Wildman–Crippen LogP) is 3.23. The van der Waals surface area contributed by atoms with Gasteiger partial charge < -0.3 is 10.3 Å². The van der Waals surface area contributed by atoms with Gasteiger partial charge in [-0.2, -0.15) is 0 Å². The van der Waals surface area contributed by atoms with Gasteiger partial charge in [-0.05, 0) is 42.3 Å². The second-order valence-corrected chi connectivity index (χ2v) is 4.93. The lowest BCUT2D eigenvalue weighted by atomic mass is 9.89. The van der Waals surface area contributed by atoms with Gasteiger partial charge in [0.15, 0.2) is 0 Å². The third kappa shape index (κ3) is 1.63. The van der Waals surface area contributed by atoms with Gasteiger partial charge in [-0.15, -0.1) is 0 Å². The Labute approximate surface area is 96.1 Å². The van der Waals surface area contributed by atoms with E-state index in [1.807, 2.05) is 6.20 Å². The van der Waals surface area contributed by atoms with Crippen molar-refractivity contribution >= 4 is 10.9 Å². The second-order valence-electron chi connectivity index (χ2n) is 4.93. The zero-order chi connectivity index (χ0) is 11.0. The third-order valence-corrected chi connectivity index (χ3v) is 3.66. The normalized spacial score (nSPS) is 26.1. The van der Waals surface area contributed by atoms with Crippen molar-refractivity contribution in [2.24, 2.45) is 5.92 Å². The van der Waals surface area contributed by atoms with Crippen LogP contribution in [0.25, 0.3) is 10.9 Å². The summed E-state index contributed by atoms with van der Waals surface area (Å²) in [7, 11) is 0. The molecule has 1 fully saturated rings. The van der Waals surface area contributed by atoms with E-state index in [4.69, 9.17) is 0 Å². The maximum atomic E-state index is 3.63. The van der Waals surface area contributed by atoms with E-state index in [-0.39, 0.29) is 0 Å². The highest BCUT2D eigenvalue weighted by Crippen LogP contribution is 2.30. The molecule has 2 aromatic rings. The number of aromatic nitrogens is 1. The van der Waals surface area contributed by atoms with Crippen LogP contribution in [0.2, 0.25) is 0 Å². The number of para-hydroxylation sites is 1. The minimum absolute atomic E-state index is 0.520. The van der Waals surface area contributed by atoms with Crippen molar-refractivity contribution in [2.45, 2.75) is 25.8 Å². The van der Waals surface area contributed by atoms with Crippen LogP contribution >= 0.6 is 0 Å². The maximum absolute atomic E-state index is 3.63. The van der Waals surface area contributed by atoms with Crippen molar-refractivity contribution < 1.29 is 0 Å². The first-order valence-corrected chi connectivity index (χ1v) is 6.14. The molecule has 1 aromatic heterocycles. The van der Waals surface area contributed by atoms with Gasteiger partial charge in [-0.25, -0.2) is 0 Å². The van der Waals surface area contributed by atoms with E-state index >= 15 is 0 Å². The van der Waals surface area contributed by atoms with Gasteiger partial charge in [0, 0.05) is 12.2 Å². The molecule has 2 atom stereocenters. The molecule has 2 unspecified atom stereocenters. The Bertz CT molecular complexity index is 486. The molecule has 0 bridgehead atoms. The van der Waals surface area contributed by atoms with Gasteiger partial charge in [-0.3, -0.25) is 0 Å². The molecule has 2 heteroatoms. The van der Waals surface area contributed by atoms with Gasteiger partial charge in [0.2, 0.25) is 0 Å². The van der Waals surface area contributed by atoms with Crippen molar-refractivity contribution in [1.82, 2.24) is 10.3 Å². The van der Waals surface area contributed by atoms with Crippen molar-refractivity contribution in [1.29, 1.82) is 0 Å². The number of H-pyrrole nitrogens is 1. The molecule has 1 saturated heterocycles. The van der Waals surface area contributed by atoms with Crippen LogP contribution in [0.5, 0.6) is 0 Å². The summed E-state index contributed by atoms with van der Waals surface area (Å²) in [6.45, 7) is 3.49. The molecule has 0 aliphatic carbocycles. The van der Waals surface area contributed by atoms with Crippen LogP contribution in [0, 0.1) is 5.92 Å². The molecule has 0 saturated carbocycles. The van der Waals surface area contributed by atoms with E-state index in [9.17, 15) is 0 Å². The Morgan fingerprint density at radius 3 is 3.06 bits per heavy atom. The fraction of sp³-hybridized carbons (Fsp3) is 0.429. The molecule has 1 aliphatic heterocycles. The Kier molecular flexibility index (Phi) is 2.44. The molecule has 84 valence electrons. The number of hydrogen-bond donors (Lipinski definition) is 2. The van der Waals surface area contributed by atoms with E-state index in [2.05, 4.69) is 41.5 Å². The van der Waals surface area contributed by atoms with E-state index < -0.39 is 0 Å². The van der Waals surface area contributed by atoms with Gasteiger partial charge in [0.25, 0.3) is 0 Å². The number of fused-ring (bicyclic) bond motifs is 1. The summed E-state index contributed by atoms with van der Waals surface area (Å²) in [5.74, 6) is 0.830. The lowest BCUT2D eigenvalue weighted by Gasteiger charge is -2.28. The van der Waals surface area contributed by atoms with Crippen molar-refractivity contribution in [2.75, 3.05) is 6.54 Å². The minimum atomic E-state index is 0.520. The van der Waals surface area contributed by atoms with Crippen molar-refractivity contribution in [3.8, 4) is 0 Å². The van der Waals surface area contributed by atoms with E-state index in [1.165, 1.54) is 29.3 Å². The summed E-state index contributed by atoms with van der Waals surface area (Å²) >= 11 is 0. The SMILES string of the molecule is CC1CCNC(c2cccc3cc[nH]c23)C1. The summed E-state index contributed by atoms with van der Waals surface area (Å²) in [6.07, 6.45) is 4.58. The zero-order valence-corrected chi connectivity index (χ0v) is 9.66. The summed E-state index contributed by atoms with van der Waals surface area (Å²) < 4.78 is 0. The predicted molar refractivity (Wildman–Crippen MR) is 67.4 cm³/mol. The summed E-state index contributed by atoms with van der Waals surface area (Å²) in [4.78, 5) is 3.36. The number of piperidine rings is 1. The highest BCUT2D eigenvalue weighted by Gasteiger charge is 2.21. The lowest BCUT2D eigenvalue weighted by Crippen LogP contribution is -2.30. The maximum Gasteiger partial charge on any atom is 0.0502 e. The molecule has 2 N–H and O–H groups in total. The number of aromatic amines is 1. The van der Waals surface area contributed by atoms with Gasteiger partial charge >= 0.3 is 0 Å². The molecule has 3 rings (SSSR count). The molecule has 2 nitrogen and oxygen atoms in total. The van der Waals surface area contributed by atoms with Crippen LogP contribution < -0.4 is 5.32 Å². The first kappa shape index (κ1) is 9.91. The van der Waals surface area contributed by atoms with Gasteiger partial charge in [-0.1, -0.05) is 25.1 Å². The fourth-order valence-corrected chi connectivity index (χ4v) is 2.74. The van der Waals surface area contributed by atoms with E-state index in [1.54, 1.807) is 0 Å². The van der Waals surface area contributed by atoms with Crippen LogP contribution in [0.15, 0.2) is 30.5 Å². The molecule has 0 amide bonds.